The fourth-order valence-electron chi connectivity index (χ4n) is 3.15. The van der Waals surface area contributed by atoms with E-state index < -0.39 is 22.5 Å². The van der Waals surface area contributed by atoms with Gasteiger partial charge in [0.25, 0.3) is 15.9 Å². The molecular formula is C25H22BrCl2N3O5S. The minimum atomic E-state index is -4.16. The molecule has 0 heterocycles. The van der Waals surface area contributed by atoms with Crippen molar-refractivity contribution in [2.24, 2.45) is 5.10 Å². The number of ether oxygens (including phenoxy) is 2. The van der Waals surface area contributed by atoms with Gasteiger partial charge in [-0.2, -0.15) is 5.10 Å². The molecule has 0 radical (unpaired) electrons. The van der Waals surface area contributed by atoms with Gasteiger partial charge in [0.15, 0.2) is 11.5 Å². The zero-order valence-electron chi connectivity index (χ0n) is 19.5. The molecule has 3 aromatic carbocycles. The Morgan fingerprint density at radius 3 is 2.57 bits per heavy atom. The summed E-state index contributed by atoms with van der Waals surface area (Å²) in [7, 11) is -2.66. The van der Waals surface area contributed by atoms with Crippen LogP contribution in [0.15, 0.2) is 87.8 Å². The highest BCUT2D eigenvalue weighted by Gasteiger charge is 2.29. The lowest BCUT2D eigenvalue weighted by Gasteiger charge is -2.24. The van der Waals surface area contributed by atoms with Crippen molar-refractivity contribution in [3.05, 3.63) is 93.4 Å². The Balaban J connectivity index is 1.84. The van der Waals surface area contributed by atoms with E-state index in [-0.39, 0.29) is 27.2 Å². The number of hydrogen-bond acceptors (Lipinski definition) is 6. The van der Waals surface area contributed by atoms with E-state index in [9.17, 15) is 13.2 Å². The lowest BCUT2D eigenvalue weighted by atomic mass is 10.2. The number of amides is 1. The molecule has 0 unspecified atom stereocenters. The molecular weight excluding hydrogens is 605 g/mol. The highest BCUT2D eigenvalue weighted by atomic mass is 79.9. The first kappa shape index (κ1) is 28.5. The quantitative estimate of drug-likeness (QED) is 0.168. The van der Waals surface area contributed by atoms with Gasteiger partial charge in [0.1, 0.15) is 13.2 Å². The molecule has 0 aliphatic heterocycles. The van der Waals surface area contributed by atoms with Crippen molar-refractivity contribution in [2.45, 2.75) is 4.90 Å². The number of rotatable bonds is 11. The summed E-state index contributed by atoms with van der Waals surface area (Å²) in [4.78, 5) is 12.8. The largest absolute Gasteiger partial charge is 0.493 e. The van der Waals surface area contributed by atoms with Crippen molar-refractivity contribution >= 4 is 67.0 Å². The molecule has 3 aromatic rings. The molecule has 194 valence electrons. The topological polar surface area (TPSA) is 97.3 Å². The van der Waals surface area contributed by atoms with Crippen molar-refractivity contribution < 1.29 is 22.7 Å². The first-order valence-corrected chi connectivity index (χ1v) is 13.6. The Morgan fingerprint density at radius 2 is 1.89 bits per heavy atom. The van der Waals surface area contributed by atoms with Gasteiger partial charge in [-0.1, -0.05) is 60.1 Å². The summed E-state index contributed by atoms with van der Waals surface area (Å²) < 4.78 is 39.3. The molecule has 8 nitrogen and oxygen atoms in total. The van der Waals surface area contributed by atoms with Crippen LogP contribution >= 0.6 is 39.1 Å². The predicted octanol–water partition coefficient (Wildman–Crippen LogP) is 5.67. The Morgan fingerprint density at radius 1 is 1.16 bits per heavy atom. The van der Waals surface area contributed by atoms with Crippen LogP contribution in [0.2, 0.25) is 10.0 Å². The molecule has 0 saturated carbocycles. The van der Waals surface area contributed by atoms with Gasteiger partial charge in [-0.3, -0.25) is 9.10 Å². The van der Waals surface area contributed by atoms with E-state index in [2.05, 4.69) is 33.0 Å². The second kappa shape index (κ2) is 13.0. The molecule has 0 bridgehead atoms. The van der Waals surface area contributed by atoms with Gasteiger partial charge in [-0.05, 0) is 57.9 Å². The molecule has 0 aromatic heterocycles. The van der Waals surface area contributed by atoms with Crippen LogP contribution < -0.4 is 19.2 Å². The van der Waals surface area contributed by atoms with E-state index in [1.165, 1.54) is 37.6 Å². The number of hydrazone groups is 1. The number of benzene rings is 3. The van der Waals surface area contributed by atoms with Crippen LogP contribution in [0.25, 0.3) is 0 Å². The number of carbonyl (C=O) groups excluding carboxylic acids is 1. The second-order valence-corrected chi connectivity index (χ2v) is 10.8. The standard InChI is InChI=1S/C25H22BrCl2N3O5S/c1-3-12-36-25-19(26)13-17(14-22(25)35-2)15-29-30-23(32)16-31(21-11-7-10-20(27)24(21)28)37(33,34)18-8-5-4-6-9-18/h3-11,13-15H,1,12,16H2,2H3,(H,30,32)/b29-15-. The summed E-state index contributed by atoms with van der Waals surface area (Å²) in [5.41, 5.74) is 2.98. The number of nitrogens with one attached hydrogen (secondary N) is 1. The van der Waals surface area contributed by atoms with E-state index in [1.807, 2.05) is 0 Å². The van der Waals surface area contributed by atoms with Gasteiger partial charge in [-0.15, -0.1) is 0 Å². The number of halogens is 3. The van der Waals surface area contributed by atoms with E-state index in [1.54, 1.807) is 42.5 Å². The third kappa shape index (κ3) is 7.04. The number of sulfonamides is 1. The van der Waals surface area contributed by atoms with Gasteiger partial charge in [0.2, 0.25) is 0 Å². The fraction of sp³-hybridized carbons (Fsp3) is 0.120. The Hall–Kier alpha value is -3.05. The summed E-state index contributed by atoms with van der Waals surface area (Å²) in [5.74, 6) is 0.229. The molecule has 12 heteroatoms. The van der Waals surface area contributed by atoms with Crippen molar-refractivity contribution in [1.82, 2.24) is 5.43 Å². The highest BCUT2D eigenvalue weighted by Crippen LogP contribution is 2.37. The predicted molar refractivity (Wildman–Crippen MR) is 150 cm³/mol. The molecule has 0 atom stereocenters. The number of methoxy groups -OCH3 is 1. The van der Waals surface area contributed by atoms with Crippen LogP contribution in [0.4, 0.5) is 5.69 Å². The number of hydrogen-bond donors (Lipinski definition) is 1. The minimum Gasteiger partial charge on any atom is -0.493 e. The first-order chi connectivity index (χ1) is 17.7. The van der Waals surface area contributed by atoms with Crippen molar-refractivity contribution in [2.75, 3.05) is 24.6 Å². The summed E-state index contributed by atoms with van der Waals surface area (Å²) in [5, 5.41) is 4.09. The Kier molecular flexibility index (Phi) is 9.99. The summed E-state index contributed by atoms with van der Waals surface area (Å²) in [6.07, 6.45) is 2.99. The fourth-order valence-corrected chi connectivity index (χ4v) is 5.62. The van der Waals surface area contributed by atoms with Crippen LogP contribution in [-0.4, -0.2) is 40.8 Å². The average molecular weight is 627 g/mol. The van der Waals surface area contributed by atoms with E-state index in [0.29, 0.717) is 21.5 Å². The highest BCUT2D eigenvalue weighted by molar-refractivity contribution is 9.10. The van der Waals surface area contributed by atoms with Crippen LogP contribution in [0, 0.1) is 0 Å². The molecule has 3 rings (SSSR count). The van der Waals surface area contributed by atoms with Crippen molar-refractivity contribution in [3.63, 3.8) is 0 Å². The lowest BCUT2D eigenvalue weighted by molar-refractivity contribution is -0.119. The molecule has 0 saturated heterocycles. The Bertz CT molecular complexity index is 1420. The maximum Gasteiger partial charge on any atom is 0.264 e. The van der Waals surface area contributed by atoms with E-state index in [0.717, 1.165) is 4.31 Å². The summed E-state index contributed by atoms with van der Waals surface area (Å²) in [6.45, 7) is 3.31. The van der Waals surface area contributed by atoms with Gasteiger partial charge in [0.05, 0.1) is 38.4 Å². The van der Waals surface area contributed by atoms with Gasteiger partial charge in [-0.25, -0.2) is 13.8 Å². The summed E-state index contributed by atoms with van der Waals surface area (Å²) >= 11 is 15.8. The number of anilines is 1. The first-order valence-electron chi connectivity index (χ1n) is 10.6. The molecule has 0 aliphatic carbocycles. The van der Waals surface area contributed by atoms with E-state index >= 15 is 0 Å². The zero-order valence-corrected chi connectivity index (χ0v) is 23.4. The lowest BCUT2D eigenvalue weighted by Crippen LogP contribution is -2.39. The molecule has 0 fully saturated rings. The molecule has 37 heavy (non-hydrogen) atoms. The van der Waals surface area contributed by atoms with Gasteiger partial charge >= 0.3 is 0 Å². The smallest absolute Gasteiger partial charge is 0.264 e. The Labute approximate surface area is 233 Å². The van der Waals surface area contributed by atoms with E-state index in [4.69, 9.17) is 32.7 Å². The van der Waals surface area contributed by atoms with Gasteiger partial charge in [0, 0.05) is 0 Å². The van der Waals surface area contributed by atoms with Crippen LogP contribution in [0.3, 0.4) is 0 Å². The third-order valence-corrected chi connectivity index (χ3v) is 7.99. The minimum absolute atomic E-state index is 0.00400. The van der Waals surface area contributed by atoms with Crippen LogP contribution in [0.5, 0.6) is 11.5 Å². The summed E-state index contributed by atoms with van der Waals surface area (Å²) in [6, 6.07) is 15.6. The molecule has 1 N–H and O–H groups in total. The molecule has 0 aliphatic rings. The van der Waals surface area contributed by atoms with Crippen molar-refractivity contribution in [3.8, 4) is 11.5 Å². The normalized spacial score (nSPS) is 11.2. The van der Waals surface area contributed by atoms with Crippen molar-refractivity contribution in [1.29, 1.82) is 0 Å². The SMILES string of the molecule is C=CCOc1c(Br)cc(/C=N\NC(=O)CN(c2cccc(Cl)c2Cl)S(=O)(=O)c2ccccc2)cc1OC. The zero-order chi connectivity index (χ0) is 27.0. The molecule has 0 spiro atoms. The third-order valence-electron chi connectivity index (χ3n) is 4.82. The van der Waals surface area contributed by atoms with Crippen LogP contribution in [0.1, 0.15) is 5.56 Å². The average Bonchev–Trinajstić information content (AvgIpc) is 2.88. The second-order valence-electron chi connectivity index (χ2n) is 7.32. The van der Waals surface area contributed by atoms with Gasteiger partial charge < -0.3 is 9.47 Å². The number of carbonyl (C=O) groups is 1. The van der Waals surface area contributed by atoms with Crippen LogP contribution in [-0.2, 0) is 14.8 Å². The molecule has 1 amide bonds. The number of nitrogens with zero attached hydrogens (tertiary/aromatic N) is 2. The monoisotopic (exact) mass is 625 g/mol. The maximum atomic E-state index is 13.4. The maximum absolute atomic E-state index is 13.4.